The predicted molar refractivity (Wildman–Crippen MR) is 417 cm³/mol. The Hall–Kier alpha value is -13.4. The van der Waals surface area contributed by atoms with Crippen molar-refractivity contribution in [2.24, 2.45) is 0 Å². The SMILES string of the molecule is Fc1c(F)c(F)c(-c2ccc(N(c3ccc(-c4ccccc4)cc3)c3ccc4c5cccc6c7ccccc7n(c4c3)c65)cc2)c(F)c1F.c1ccc(-c2ccc(N(c3ccc(-c4cc5ccc6cccc7ccc(c4)c5c67)cc3)c3ccc4c5cccc6c7ccccc7n(c4c3)c65)cc2)cc1. The van der Waals surface area contributed by atoms with Gasteiger partial charge < -0.3 is 18.6 Å². The van der Waals surface area contributed by atoms with E-state index in [-0.39, 0.29) is 5.56 Å². The van der Waals surface area contributed by atoms with Crippen molar-refractivity contribution in [1.82, 2.24) is 8.80 Å². The fraction of sp³-hybridized carbons (Fsp3) is 0. The Morgan fingerprint density at radius 2 is 0.495 bits per heavy atom. The smallest absolute Gasteiger partial charge is 0.200 e. The highest BCUT2D eigenvalue weighted by Crippen LogP contribution is 2.47. The van der Waals surface area contributed by atoms with Crippen LogP contribution in [0.2, 0.25) is 0 Å². The van der Waals surface area contributed by atoms with Crippen molar-refractivity contribution >= 4 is 143 Å². The maximum atomic E-state index is 14.7. The third kappa shape index (κ3) is 9.36. The number of anilines is 6. The number of fused-ring (bicyclic) bond motifs is 12. The van der Waals surface area contributed by atoms with Crippen LogP contribution < -0.4 is 9.80 Å². The van der Waals surface area contributed by atoms with Gasteiger partial charge in [-0.15, -0.1) is 0 Å². The van der Waals surface area contributed by atoms with E-state index < -0.39 is 34.6 Å². The van der Waals surface area contributed by atoms with Crippen molar-refractivity contribution < 1.29 is 22.0 Å². The number of hydrogen-bond acceptors (Lipinski definition) is 2. The third-order valence-electron chi connectivity index (χ3n) is 20.9. The van der Waals surface area contributed by atoms with Crippen molar-refractivity contribution in [2.75, 3.05) is 9.80 Å². The highest BCUT2D eigenvalue weighted by atomic mass is 19.2. The van der Waals surface area contributed by atoms with Crippen molar-refractivity contribution in [3.63, 3.8) is 0 Å². The highest BCUT2D eigenvalue weighted by molar-refractivity contribution is 6.26. The molecule has 4 heterocycles. The van der Waals surface area contributed by atoms with Crippen LogP contribution in [0.5, 0.6) is 0 Å². The summed E-state index contributed by atoms with van der Waals surface area (Å²) in [5.41, 5.74) is 18.4. The average Bonchev–Trinajstić information content (AvgIpc) is 1.56. The van der Waals surface area contributed by atoms with Crippen LogP contribution in [-0.4, -0.2) is 8.80 Å². The second kappa shape index (κ2) is 23.4. The second-order valence-electron chi connectivity index (χ2n) is 26.6. The zero-order valence-electron chi connectivity index (χ0n) is 54.9. The fourth-order valence-corrected chi connectivity index (χ4v) is 16.2. The Bertz CT molecular complexity index is 6800. The molecule has 9 heteroatoms. The lowest BCUT2D eigenvalue weighted by Crippen LogP contribution is -2.10. The molecule has 0 aliphatic heterocycles. The van der Waals surface area contributed by atoms with Crippen molar-refractivity contribution in [1.29, 1.82) is 0 Å². The number of rotatable bonds is 10. The molecule has 0 saturated heterocycles. The maximum Gasteiger partial charge on any atom is 0.200 e. The number of benzene rings is 17. The number of para-hydroxylation sites is 4. The zero-order chi connectivity index (χ0) is 68.7. The van der Waals surface area contributed by atoms with Gasteiger partial charge in [-0.3, -0.25) is 0 Å². The van der Waals surface area contributed by atoms with E-state index in [0.29, 0.717) is 5.69 Å². The van der Waals surface area contributed by atoms with Gasteiger partial charge >= 0.3 is 0 Å². The second-order valence-corrected chi connectivity index (χ2v) is 26.6. The lowest BCUT2D eigenvalue weighted by atomic mass is 9.91. The topological polar surface area (TPSA) is 15.3 Å². The summed E-state index contributed by atoms with van der Waals surface area (Å²) in [5.74, 6) is -9.90. The number of halogens is 5. The van der Waals surface area contributed by atoms with Crippen LogP contribution >= 0.6 is 0 Å². The largest absolute Gasteiger partial charge is 0.310 e. The molecule has 0 N–H and O–H groups in total. The summed E-state index contributed by atoms with van der Waals surface area (Å²) in [5, 5.41) is 17.6. The first-order valence-electron chi connectivity index (χ1n) is 34.3. The standard InChI is InChI=1S/C52H32N2.C42H23F5N2/c1-2-8-33(9-3-1)34-20-24-41(25-21-34)53(43-28-29-45-47-14-7-13-46-44-12-4-5-15-48(44)54(52(46)47)49(45)32-43)42-26-22-35(23-27-42)40-30-38-18-16-36-10-6-11-37-17-19-39(31-40)51(38)50(36)37;43-37-36(38(44)40(46)41(47)39(37)45)26-15-19-28(20-16-26)48(27-17-13-25(14-18-27)24-7-2-1-3-8-24)29-21-22-31-33-11-6-10-32-30-9-4-5-12-34(30)49(42(32)33)35(31)23-29/h1-32H;1-23H. The van der Waals surface area contributed by atoms with Gasteiger partial charge in [0, 0.05) is 77.2 Å². The first-order valence-corrected chi connectivity index (χ1v) is 34.3. The van der Waals surface area contributed by atoms with Crippen LogP contribution in [0.3, 0.4) is 0 Å². The van der Waals surface area contributed by atoms with Gasteiger partial charge in [0.2, 0.25) is 5.82 Å². The molecule has 0 radical (unpaired) electrons. The van der Waals surface area contributed by atoms with Gasteiger partial charge in [-0.1, -0.05) is 237 Å². The normalized spacial score (nSPS) is 11.9. The van der Waals surface area contributed by atoms with Gasteiger partial charge in [0.25, 0.3) is 0 Å². The third-order valence-corrected chi connectivity index (χ3v) is 20.9. The van der Waals surface area contributed by atoms with Crippen LogP contribution in [0.15, 0.2) is 334 Å². The number of nitrogens with zero attached hydrogens (tertiary/aromatic N) is 4. The maximum absolute atomic E-state index is 14.7. The zero-order valence-corrected chi connectivity index (χ0v) is 54.9. The fourth-order valence-electron chi connectivity index (χ4n) is 16.2. The van der Waals surface area contributed by atoms with E-state index >= 15 is 0 Å². The van der Waals surface area contributed by atoms with Gasteiger partial charge in [-0.05, 0) is 168 Å². The minimum atomic E-state index is -2.19. The summed E-state index contributed by atoms with van der Waals surface area (Å²) in [7, 11) is 0. The van der Waals surface area contributed by atoms with Crippen molar-refractivity contribution in [3.8, 4) is 44.5 Å². The van der Waals surface area contributed by atoms with Crippen LogP contribution in [0.1, 0.15) is 0 Å². The van der Waals surface area contributed by atoms with Gasteiger partial charge in [0.1, 0.15) is 0 Å². The first kappa shape index (κ1) is 59.7. The monoisotopic (exact) mass is 1330 g/mol. The van der Waals surface area contributed by atoms with Crippen LogP contribution in [0.25, 0.3) is 153 Å². The van der Waals surface area contributed by atoms with E-state index in [0.717, 1.165) is 72.3 Å². The molecular weight excluding hydrogens is 1280 g/mol. The van der Waals surface area contributed by atoms with Gasteiger partial charge in [-0.25, -0.2) is 22.0 Å². The Kier molecular flexibility index (Phi) is 13.5. The Labute approximate surface area is 587 Å². The summed E-state index contributed by atoms with van der Waals surface area (Å²) in [4.78, 5) is 4.40. The average molecular weight is 1340 g/mol. The molecule has 0 amide bonds. The summed E-state index contributed by atoms with van der Waals surface area (Å²) in [6.07, 6.45) is 0. The molecule has 0 atom stereocenters. The molecule has 103 heavy (non-hydrogen) atoms. The molecule has 0 unspecified atom stereocenters. The molecule has 21 rings (SSSR count). The molecule has 21 aromatic rings. The minimum Gasteiger partial charge on any atom is -0.310 e. The van der Waals surface area contributed by atoms with E-state index in [1.165, 1.54) is 110 Å². The molecule has 0 aliphatic rings. The summed E-state index contributed by atoms with van der Waals surface area (Å²) >= 11 is 0. The van der Waals surface area contributed by atoms with E-state index in [1.807, 2.05) is 77.7 Å². The molecule has 4 aromatic heterocycles. The predicted octanol–water partition coefficient (Wildman–Crippen LogP) is 26.9. The van der Waals surface area contributed by atoms with Crippen molar-refractivity contribution in [3.05, 3.63) is 363 Å². The Balaban J connectivity index is 0.000000138. The van der Waals surface area contributed by atoms with E-state index in [9.17, 15) is 22.0 Å². The molecule has 486 valence electrons. The van der Waals surface area contributed by atoms with E-state index in [1.54, 1.807) is 12.1 Å². The van der Waals surface area contributed by atoms with Crippen LogP contribution in [0, 0.1) is 29.1 Å². The highest BCUT2D eigenvalue weighted by Gasteiger charge is 2.28. The molecule has 0 aliphatic carbocycles. The quantitative estimate of drug-likeness (QED) is 0.0587. The molecule has 0 spiro atoms. The summed E-state index contributed by atoms with van der Waals surface area (Å²) < 4.78 is 76.2. The molecule has 0 saturated carbocycles. The molecule has 17 aromatic carbocycles. The minimum absolute atomic E-state index is 0.137. The van der Waals surface area contributed by atoms with Gasteiger partial charge in [0.05, 0.1) is 38.7 Å². The summed E-state index contributed by atoms with van der Waals surface area (Å²) in [6, 6.07) is 116. The lowest BCUT2D eigenvalue weighted by molar-refractivity contribution is 0.381. The molecule has 0 fully saturated rings. The van der Waals surface area contributed by atoms with Gasteiger partial charge in [-0.2, -0.15) is 0 Å². The van der Waals surface area contributed by atoms with Crippen molar-refractivity contribution in [2.45, 2.75) is 0 Å². The number of aromatic nitrogens is 2. The summed E-state index contributed by atoms with van der Waals surface area (Å²) in [6.45, 7) is 0. The van der Waals surface area contributed by atoms with Gasteiger partial charge in [0.15, 0.2) is 23.3 Å². The molecule has 0 bridgehead atoms. The Morgan fingerprint density at radius 3 is 0.913 bits per heavy atom. The molecular formula is C94H55F5N4. The lowest BCUT2D eigenvalue weighted by Gasteiger charge is -2.26. The molecule has 4 nitrogen and oxygen atoms in total. The first-order chi connectivity index (χ1) is 50.7. The number of hydrogen-bond donors (Lipinski definition) is 0. The van der Waals surface area contributed by atoms with E-state index in [4.69, 9.17) is 0 Å². The van der Waals surface area contributed by atoms with Crippen LogP contribution in [0.4, 0.5) is 56.1 Å². The Morgan fingerprint density at radius 1 is 0.194 bits per heavy atom. The van der Waals surface area contributed by atoms with E-state index in [2.05, 4.69) is 250 Å². The van der Waals surface area contributed by atoms with Crippen LogP contribution in [-0.2, 0) is 0 Å².